The topological polar surface area (TPSA) is 135 Å². The van der Waals surface area contributed by atoms with Gasteiger partial charge in [0.25, 0.3) is 0 Å². The molecule has 10 nitrogen and oxygen atoms in total. The highest BCUT2D eigenvalue weighted by Crippen LogP contribution is 2.37. The van der Waals surface area contributed by atoms with E-state index in [2.05, 4.69) is 24.7 Å². The summed E-state index contributed by atoms with van der Waals surface area (Å²) in [7, 11) is 0. The third-order valence-corrected chi connectivity index (χ3v) is 6.90. The third-order valence-electron chi connectivity index (χ3n) is 5.96. The van der Waals surface area contributed by atoms with Gasteiger partial charge in [0, 0.05) is 6.04 Å². The second kappa shape index (κ2) is 9.49. The van der Waals surface area contributed by atoms with E-state index in [1.165, 1.54) is 31.0 Å². The minimum absolute atomic E-state index is 0.186. The van der Waals surface area contributed by atoms with Crippen molar-refractivity contribution in [3.63, 3.8) is 0 Å². The summed E-state index contributed by atoms with van der Waals surface area (Å²) in [5, 5.41) is 10.0. The van der Waals surface area contributed by atoms with E-state index in [1.54, 1.807) is 20.1 Å². The molecule has 4 aromatic rings. The summed E-state index contributed by atoms with van der Waals surface area (Å²) in [6.45, 7) is 3.68. The van der Waals surface area contributed by atoms with Crippen molar-refractivity contribution in [2.75, 3.05) is 12.3 Å². The molecule has 178 valence electrons. The maximum absolute atomic E-state index is 12.4. The van der Waals surface area contributed by atoms with Crippen molar-refractivity contribution in [2.45, 2.75) is 62.9 Å². The normalized spacial score (nSPS) is 14.6. The van der Waals surface area contributed by atoms with Crippen LogP contribution in [-0.4, -0.2) is 37.3 Å². The number of carbonyl (C=O) groups excluding carboxylic acids is 1. The first-order chi connectivity index (χ1) is 16.6. The van der Waals surface area contributed by atoms with Gasteiger partial charge in [-0.1, -0.05) is 31.0 Å². The number of rotatable bonds is 7. The number of anilines is 1. The number of fused-ring (bicyclic) bond motifs is 1. The Morgan fingerprint density at radius 3 is 2.82 bits per heavy atom. The highest BCUT2D eigenvalue weighted by molar-refractivity contribution is 7.98. The van der Waals surface area contributed by atoms with Crippen molar-refractivity contribution < 1.29 is 18.4 Å². The van der Waals surface area contributed by atoms with Crippen LogP contribution in [0.25, 0.3) is 22.7 Å². The molecule has 0 unspecified atom stereocenters. The van der Waals surface area contributed by atoms with Gasteiger partial charge in [0.2, 0.25) is 11.5 Å². The van der Waals surface area contributed by atoms with Crippen molar-refractivity contribution in [1.29, 1.82) is 0 Å². The quantitative estimate of drug-likeness (QED) is 0.285. The van der Waals surface area contributed by atoms with Gasteiger partial charge in [0.1, 0.15) is 23.0 Å². The predicted octanol–water partition coefficient (Wildman–Crippen LogP) is 4.94. The summed E-state index contributed by atoms with van der Waals surface area (Å²) in [6, 6.07) is 4.07. The van der Waals surface area contributed by atoms with Crippen LogP contribution in [0.5, 0.6) is 0 Å². The monoisotopic (exact) mass is 482 g/mol. The minimum atomic E-state index is -0.498. The number of thioether (sulfide) groups is 1. The molecule has 0 radical (unpaired) electrons. The van der Waals surface area contributed by atoms with E-state index in [-0.39, 0.29) is 23.7 Å². The maximum Gasteiger partial charge on any atom is 0.342 e. The Morgan fingerprint density at radius 1 is 1.26 bits per heavy atom. The predicted molar refractivity (Wildman–Crippen MR) is 126 cm³/mol. The molecule has 1 saturated carbocycles. The zero-order valence-electron chi connectivity index (χ0n) is 19.1. The van der Waals surface area contributed by atoms with Crippen LogP contribution < -0.4 is 5.73 Å². The van der Waals surface area contributed by atoms with Crippen molar-refractivity contribution >= 4 is 34.6 Å². The number of nitrogens with two attached hydrogens (primary N) is 1. The molecule has 0 aromatic carbocycles. The molecule has 0 bridgehead atoms. The average Bonchev–Trinajstić information content (AvgIpc) is 3.56. The van der Waals surface area contributed by atoms with Crippen molar-refractivity contribution in [3.05, 3.63) is 35.5 Å². The molecular weight excluding hydrogens is 456 g/mol. The van der Waals surface area contributed by atoms with E-state index in [1.807, 2.05) is 12.1 Å². The van der Waals surface area contributed by atoms with Gasteiger partial charge in [-0.05, 0) is 38.8 Å². The van der Waals surface area contributed by atoms with Crippen LogP contribution in [-0.2, 0) is 10.5 Å². The Balaban J connectivity index is 1.44. The second-order valence-corrected chi connectivity index (χ2v) is 9.14. The average molecular weight is 483 g/mol. The van der Waals surface area contributed by atoms with E-state index >= 15 is 0 Å². The van der Waals surface area contributed by atoms with Crippen LogP contribution >= 0.6 is 11.8 Å². The number of nitrogens with zero attached hydrogens (tertiary/aromatic N) is 5. The number of hydrogen-bond acceptors (Lipinski definition) is 10. The van der Waals surface area contributed by atoms with Crippen LogP contribution in [0.15, 0.2) is 32.4 Å². The standard InChI is InChI=1S/C23H26N6O4S/c1-3-31-22(30)17-13(2)33-21-18(17)19(24)25-16(26-21)12-34-23-28-27-20(15-10-7-11-32-15)29(23)14-8-5-4-6-9-14/h7,10-11,14H,3-6,8-9,12H2,1-2H3,(H2,24,25,26). The Kier molecular flexibility index (Phi) is 6.27. The van der Waals surface area contributed by atoms with Gasteiger partial charge in [-0.2, -0.15) is 4.98 Å². The molecule has 1 aliphatic rings. The van der Waals surface area contributed by atoms with Gasteiger partial charge in [-0.15, -0.1) is 10.2 Å². The molecule has 0 saturated heterocycles. The van der Waals surface area contributed by atoms with E-state index in [0.717, 1.165) is 23.8 Å². The molecule has 0 amide bonds. The number of esters is 1. The van der Waals surface area contributed by atoms with Crippen LogP contribution in [0.4, 0.5) is 5.82 Å². The van der Waals surface area contributed by atoms with Gasteiger partial charge in [-0.3, -0.25) is 4.57 Å². The summed E-state index contributed by atoms with van der Waals surface area (Å²) in [5.74, 6) is 2.42. The molecule has 0 aliphatic heterocycles. The molecule has 2 N–H and O–H groups in total. The minimum Gasteiger partial charge on any atom is -0.462 e. The summed E-state index contributed by atoms with van der Waals surface area (Å²) in [5.41, 5.74) is 6.76. The largest absolute Gasteiger partial charge is 0.462 e. The fourth-order valence-corrected chi connectivity index (χ4v) is 5.30. The number of nitrogen functional groups attached to an aromatic ring is 1. The Bertz CT molecular complexity index is 1310. The summed E-state index contributed by atoms with van der Waals surface area (Å²) in [4.78, 5) is 21.3. The molecule has 4 aromatic heterocycles. The molecule has 4 heterocycles. The van der Waals surface area contributed by atoms with Crippen LogP contribution in [0.3, 0.4) is 0 Å². The van der Waals surface area contributed by atoms with Gasteiger partial charge >= 0.3 is 5.97 Å². The molecule has 0 atom stereocenters. The molecule has 5 rings (SSSR count). The summed E-state index contributed by atoms with van der Waals surface area (Å²) < 4.78 is 18.7. The van der Waals surface area contributed by atoms with Gasteiger partial charge in [-0.25, -0.2) is 9.78 Å². The highest BCUT2D eigenvalue weighted by Gasteiger charge is 2.26. The molecule has 0 spiro atoms. The van der Waals surface area contributed by atoms with Gasteiger partial charge < -0.3 is 19.3 Å². The lowest BCUT2D eigenvalue weighted by Crippen LogP contribution is -2.15. The first-order valence-corrected chi connectivity index (χ1v) is 12.4. The third kappa shape index (κ3) is 4.15. The van der Waals surface area contributed by atoms with Crippen molar-refractivity contribution in [1.82, 2.24) is 24.7 Å². The zero-order chi connectivity index (χ0) is 23.7. The smallest absolute Gasteiger partial charge is 0.342 e. The number of aromatic nitrogens is 5. The fraction of sp³-hybridized carbons (Fsp3) is 0.435. The van der Waals surface area contributed by atoms with Crippen molar-refractivity contribution in [3.8, 4) is 11.6 Å². The SMILES string of the molecule is CCOC(=O)c1c(C)oc2nc(CSc3nnc(-c4ccco4)n3C3CCCCC3)nc(N)c12. The van der Waals surface area contributed by atoms with Gasteiger partial charge in [0.05, 0.1) is 24.0 Å². The van der Waals surface area contributed by atoms with Crippen LogP contribution in [0, 0.1) is 6.92 Å². The molecule has 11 heteroatoms. The first kappa shape index (κ1) is 22.5. The lowest BCUT2D eigenvalue weighted by Gasteiger charge is -2.25. The van der Waals surface area contributed by atoms with E-state index in [9.17, 15) is 4.79 Å². The fourth-order valence-electron chi connectivity index (χ4n) is 4.44. The molecular formula is C23H26N6O4S. The Labute approximate surface area is 200 Å². The Morgan fingerprint density at radius 2 is 2.09 bits per heavy atom. The van der Waals surface area contributed by atoms with Gasteiger partial charge in [0.15, 0.2) is 10.9 Å². The summed E-state index contributed by atoms with van der Waals surface area (Å²) >= 11 is 1.49. The molecule has 1 fully saturated rings. The lowest BCUT2D eigenvalue weighted by atomic mass is 9.95. The summed E-state index contributed by atoms with van der Waals surface area (Å²) in [6.07, 6.45) is 7.42. The number of furan rings is 2. The zero-order valence-corrected chi connectivity index (χ0v) is 19.9. The second-order valence-electron chi connectivity index (χ2n) is 8.19. The van der Waals surface area contributed by atoms with E-state index in [4.69, 9.17) is 19.3 Å². The maximum atomic E-state index is 12.4. The number of hydrogen-bond donors (Lipinski definition) is 1. The van der Waals surface area contributed by atoms with Crippen molar-refractivity contribution in [2.24, 2.45) is 0 Å². The highest BCUT2D eigenvalue weighted by atomic mass is 32.2. The molecule has 34 heavy (non-hydrogen) atoms. The van der Waals surface area contributed by atoms with E-state index < -0.39 is 5.97 Å². The number of carbonyl (C=O) groups is 1. The lowest BCUT2D eigenvalue weighted by molar-refractivity contribution is 0.0526. The van der Waals surface area contributed by atoms with E-state index in [0.29, 0.717) is 34.5 Å². The number of aryl methyl sites for hydroxylation is 1. The van der Waals surface area contributed by atoms with Crippen LogP contribution in [0.2, 0.25) is 0 Å². The van der Waals surface area contributed by atoms with Crippen LogP contribution in [0.1, 0.15) is 67.0 Å². The Hall–Kier alpha value is -3.34. The first-order valence-electron chi connectivity index (χ1n) is 11.4. The molecule has 1 aliphatic carbocycles. The number of ether oxygens (including phenoxy) is 1.